The molecule has 0 amide bonds. The zero-order valence-corrected chi connectivity index (χ0v) is 7.38. The van der Waals surface area contributed by atoms with E-state index in [2.05, 4.69) is 0 Å². The Hall–Kier alpha value is -1.42. The average Bonchev–Trinajstić information content (AvgIpc) is 2.17. The SMILES string of the molecule is CC(C(N)c1ccccc1)[N+](=O)[O-]. The molecule has 70 valence electrons. The van der Waals surface area contributed by atoms with E-state index in [-0.39, 0.29) is 4.92 Å². The van der Waals surface area contributed by atoms with Gasteiger partial charge in [-0.2, -0.15) is 0 Å². The van der Waals surface area contributed by atoms with Crippen LogP contribution in [-0.4, -0.2) is 11.0 Å². The van der Waals surface area contributed by atoms with Gasteiger partial charge in [-0.05, 0) is 5.56 Å². The van der Waals surface area contributed by atoms with Crippen LogP contribution in [0.3, 0.4) is 0 Å². The fourth-order valence-corrected chi connectivity index (χ4v) is 1.08. The lowest BCUT2D eigenvalue weighted by atomic mass is 10.0. The standard InChI is InChI=1S/C9H12N2O2/c1-7(11(12)13)9(10)8-5-3-2-4-6-8/h2-7,9H,10H2,1H3. The number of nitrogens with zero attached hydrogens (tertiary/aromatic N) is 1. The smallest absolute Gasteiger partial charge is 0.229 e. The zero-order chi connectivity index (χ0) is 9.84. The number of nitrogens with two attached hydrogens (primary N) is 1. The van der Waals surface area contributed by atoms with Crippen LogP contribution < -0.4 is 5.73 Å². The lowest BCUT2D eigenvalue weighted by Crippen LogP contribution is -2.30. The lowest BCUT2D eigenvalue weighted by Gasteiger charge is -2.12. The van der Waals surface area contributed by atoms with E-state index < -0.39 is 12.1 Å². The highest BCUT2D eigenvalue weighted by molar-refractivity contribution is 5.19. The Morgan fingerprint density at radius 3 is 2.38 bits per heavy atom. The van der Waals surface area contributed by atoms with Gasteiger partial charge in [-0.1, -0.05) is 30.3 Å². The monoisotopic (exact) mass is 180 g/mol. The van der Waals surface area contributed by atoms with Gasteiger partial charge in [0, 0.05) is 11.8 Å². The fraction of sp³-hybridized carbons (Fsp3) is 0.333. The van der Waals surface area contributed by atoms with Crippen molar-refractivity contribution < 1.29 is 4.92 Å². The summed E-state index contributed by atoms with van der Waals surface area (Å²) in [6.07, 6.45) is 0. The molecule has 0 spiro atoms. The first-order chi connectivity index (χ1) is 6.13. The molecular weight excluding hydrogens is 168 g/mol. The summed E-state index contributed by atoms with van der Waals surface area (Å²) in [5.41, 5.74) is 6.50. The van der Waals surface area contributed by atoms with Gasteiger partial charge in [0.25, 0.3) is 0 Å². The van der Waals surface area contributed by atoms with Crippen molar-refractivity contribution in [3.8, 4) is 0 Å². The molecule has 0 aromatic heterocycles. The second-order valence-electron chi connectivity index (χ2n) is 2.96. The molecule has 0 saturated carbocycles. The molecule has 0 saturated heterocycles. The first-order valence-corrected chi connectivity index (χ1v) is 4.07. The van der Waals surface area contributed by atoms with E-state index in [1.807, 2.05) is 18.2 Å². The van der Waals surface area contributed by atoms with Gasteiger partial charge >= 0.3 is 0 Å². The molecule has 0 bridgehead atoms. The fourth-order valence-electron chi connectivity index (χ4n) is 1.08. The van der Waals surface area contributed by atoms with Crippen LogP contribution in [0.2, 0.25) is 0 Å². The Morgan fingerprint density at radius 1 is 1.38 bits per heavy atom. The normalized spacial score (nSPS) is 14.9. The van der Waals surface area contributed by atoms with E-state index in [1.54, 1.807) is 12.1 Å². The maximum absolute atomic E-state index is 10.4. The Labute approximate surface area is 76.5 Å². The summed E-state index contributed by atoms with van der Waals surface area (Å²) in [6, 6.07) is 7.81. The highest BCUT2D eigenvalue weighted by Gasteiger charge is 2.23. The van der Waals surface area contributed by atoms with Crippen LogP contribution in [0.5, 0.6) is 0 Å². The van der Waals surface area contributed by atoms with Crippen LogP contribution in [0.15, 0.2) is 30.3 Å². The lowest BCUT2D eigenvalue weighted by molar-refractivity contribution is -0.522. The third kappa shape index (κ3) is 2.26. The van der Waals surface area contributed by atoms with Crippen LogP contribution in [0, 0.1) is 10.1 Å². The molecule has 2 unspecified atom stereocenters. The van der Waals surface area contributed by atoms with Crippen molar-refractivity contribution in [2.24, 2.45) is 5.73 Å². The van der Waals surface area contributed by atoms with E-state index in [0.717, 1.165) is 5.56 Å². The molecule has 1 rings (SSSR count). The third-order valence-electron chi connectivity index (χ3n) is 2.04. The molecule has 1 aromatic rings. The summed E-state index contributed by atoms with van der Waals surface area (Å²) in [5, 5.41) is 10.4. The van der Waals surface area contributed by atoms with Gasteiger partial charge in [0.1, 0.15) is 0 Å². The van der Waals surface area contributed by atoms with Gasteiger partial charge in [-0.15, -0.1) is 0 Å². The maximum atomic E-state index is 10.4. The highest BCUT2D eigenvalue weighted by atomic mass is 16.6. The number of hydrogen-bond donors (Lipinski definition) is 1. The molecule has 4 heteroatoms. The quantitative estimate of drug-likeness (QED) is 0.563. The van der Waals surface area contributed by atoms with Crippen LogP contribution in [0.25, 0.3) is 0 Å². The van der Waals surface area contributed by atoms with E-state index in [4.69, 9.17) is 5.73 Å². The highest BCUT2D eigenvalue weighted by Crippen LogP contribution is 2.14. The first kappa shape index (κ1) is 9.67. The largest absolute Gasteiger partial charge is 0.318 e. The Bertz CT molecular complexity index is 287. The Morgan fingerprint density at radius 2 is 1.92 bits per heavy atom. The van der Waals surface area contributed by atoms with Crippen LogP contribution >= 0.6 is 0 Å². The summed E-state index contributed by atoms with van der Waals surface area (Å²) < 4.78 is 0. The molecule has 0 fully saturated rings. The number of benzene rings is 1. The van der Waals surface area contributed by atoms with Crippen molar-refractivity contribution in [1.82, 2.24) is 0 Å². The predicted octanol–water partition coefficient (Wildman–Crippen LogP) is 1.35. The van der Waals surface area contributed by atoms with E-state index in [1.165, 1.54) is 6.92 Å². The Balaban J connectivity index is 2.79. The third-order valence-corrected chi connectivity index (χ3v) is 2.04. The molecule has 1 aromatic carbocycles. The minimum Gasteiger partial charge on any atom is -0.318 e. The molecule has 4 nitrogen and oxygen atoms in total. The van der Waals surface area contributed by atoms with Crippen LogP contribution in [0.4, 0.5) is 0 Å². The molecule has 0 aliphatic heterocycles. The topological polar surface area (TPSA) is 69.2 Å². The minimum atomic E-state index is -0.748. The number of rotatable bonds is 3. The van der Waals surface area contributed by atoms with Gasteiger partial charge in [-0.25, -0.2) is 0 Å². The molecule has 0 aliphatic carbocycles. The first-order valence-electron chi connectivity index (χ1n) is 4.07. The van der Waals surface area contributed by atoms with E-state index in [0.29, 0.717) is 0 Å². The van der Waals surface area contributed by atoms with Gasteiger partial charge in [0.2, 0.25) is 6.04 Å². The van der Waals surface area contributed by atoms with Crippen molar-refractivity contribution in [3.05, 3.63) is 46.0 Å². The minimum absolute atomic E-state index is 0.363. The van der Waals surface area contributed by atoms with Gasteiger partial charge < -0.3 is 5.73 Å². The molecule has 0 radical (unpaired) electrons. The molecule has 0 heterocycles. The van der Waals surface area contributed by atoms with Crippen molar-refractivity contribution in [2.75, 3.05) is 0 Å². The molecular formula is C9H12N2O2. The Kier molecular flexibility index (Phi) is 2.97. The second kappa shape index (κ2) is 4.00. The van der Waals surface area contributed by atoms with Crippen molar-refractivity contribution >= 4 is 0 Å². The maximum Gasteiger partial charge on any atom is 0.229 e. The molecule has 13 heavy (non-hydrogen) atoms. The van der Waals surface area contributed by atoms with Crippen LogP contribution in [-0.2, 0) is 0 Å². The summed E-state index contributed by atoms with van der Waals surface area (Å²) in [6.45, 7) is 1.51. The van der Waals surface area contributed by atoms with E-state index >= 15 is 0 Å². The molecule has 0 aliphatic rings. The number of nitro groups is 1. The van der Waals surface area contributed by atoms with Crippen molar-refractivity contribution in [3.63, 3.8) is 0 Å². The summed E-state index contributed by atoms with van der Waals surface area (Å²) >= 11 is 0. The van der Waals surface area contributed by atoms with Crippen LogP contribution in [0.1, 0.15) is 18.5 Å². The molecule has 2 N–H and O–H groups in total. The predicted molar refractivity (Wildman–Crippen MR) is 49.8 cm³/mol. The van der Waals surface area contributed by atoms with E-state index in [9.17, 15) is 10.1 Å². The van der Waals surface area contributed by atoms with Gasteiger partial charge in [-0.3, -0.25) is 10.1 Å². The van der Waals surface area contributed by atoms with Crippen molar-refractivity contribution in [1.29, 1.82) is 0 Å². The summed E-state index contributed by atoms with van der Waals surface area (Å²) in [7, 11) is 0. The van der Waals surface area contributed by atoms with Gasteiger partial charge in [0.05, 0.1) is 6.04 Å². The zero-order valence-electron chi connectivity index (χ0n) is 7.38. The summed E-state index contributed by atoms with van der Waals surface area (Å²) in [4.78, 5) is 10.1. The summed E-state index contributed by atoms with van der Waals surface area (Å²) in [5.74, 6) is 0. The van der Waals surface area contributed by atoms with Gasteiger partial charge in [0.15, 0.2) is 0 Å². The number of hydrogen-bond acceptors (Lipinski definition) is 3. The average molecular weight is 180 g/mol. The van der Waals surface area contributed by atoms with Crippen molar-refractivity contribution in [2.45, 2.75) is 19.0 Å². The second-order valence-corrected chi connectivity index (χ2v) is 2.96. The molecule has 2 atom stereocenters.